The fourth-order valence-corrected chi connectivity index (χ4v) is 1.57. The molecule has 1 aromatic rings. The number of thiocarbonyl (C=S) groups is 1. The van der Waals surface area contributed by atoms with Crippen molar-refractivity contribution in [2.75, 3.05) is 33.5 Å². The van der Waals surface area contributed by atoms with Gasteiger partial charge in [-0.25, -0.2) is 8.78 Å². The summed E-state index contributed by atoms with van der Waals surface area (Å²) in [4.78, 5) is -0.0733. The van der Waals surface area contributed by atoms with E-state index in [1.807, 2.05) is 0 Å². The summed E-state index contributed by atoms with van der Waals surface area (Å²) in [5.74, 6) is -2.13. The number of hydrogen-bond donors (Lipinski definition) is 1. The zero-order valence-corrected chi connectivity index (χ0v) is 12.0. The van der Waals surface area contributed by atoms with Crippen molar-refractivity contribution in [1.29, 1.82) is 0 Å². The third-order valence-electron chi connectivity index (χ3n) is 2.39. The Morgan fingerprint density at radius 1 is 1.15 bits per heavy atom. The molecule has 0 saturated heterocycles. The van der Waals surface area contributed by atoms with E-state index in [4.69, 9.17) is 19.9 Å². The first-order chi connectivity index (χ1) is 9.56. The van der Waals surface area contributed by atoms with Crippen LogP contribution in [-0.4, -0.2) is 38.5 Å². The molecule has 0 bridgehead atoms. The number of methoxy groups -OCH3 is 1. The second-order valence-electron chi connectivity index (χ2n) is 3.94. The summed E-state index contributed by atoms with van der Waals surface area (Å²) < 4.78 is 42.3. The van der Waals surface area contributed by atoms with Gasteiger partial charge in [-0.05, 0) is 18.6 Å². The average molecular weight is 305 g/mol. The number of nitrogens with two attached hydrogens (primary N) is 1. The lowest BCUT2D eigenvalue weighted by Gasteiger charge is -2.10. The summed E-state index contributed by atoms with van der Waals surface area (Å²) in [5, 5.41) is 0. The number of rotatable bonds is 9. The highest BCUT2D eigenvalue weighted by molar-refractivity contribution is 7.80. The second-order valence-corrected chi connectivity index (χ2v) is 4.38. The highest BCUT2D eigenvalue weighted by atomic mass is 32.1. The van der Waals surface area contributed by atoms with Gasteiger partial charge in [0.15, 0.2) is 17.4 Å². The highest BCUT2D eigenvalue weighted by Crippen LogP contribution is 2.23. The molecule has 0 amide bonds. The molecule has 0 saturated carbocycles. The van der Waals surface area contributed by atoms with Gasteiger partial charge in [0.2, 0.25) is 0 Å². The molecule has 0 aliphatic rings. The molecule has 0 fully saturated rings. The van der Waals surface area contributed by atoms with Gasteiger partial charge < -0.3 is 19.9 Å². The summed E-state index contributed by atoms with van der Waals surface area (Å²) in [5.41, 5.74) is 5.43. The first kappa shape index (κ1) is 16.7. The summed E-state index contributed by atoms with van der Waals surface area (Å²) in [7, 11) is 1.60. The van der Waals surface area contributed by atoms with E-state index in [0.717, 1.165) is 18.6 Å². The van der Waals surface area contributed by atoms with Crippen LogP contribution in [0.5, 0.6) is 5.75 Å². The van der Waals surface area contributed by atoms with Gasteiger partial charge in [-0.1, -0.05) is 12.2 Å². The van der Waals surface area contributed by atoms with Crippen molar-refractivity contribution >= 4 is 17.2 Å². The largest absolute Gasteiger partial charge is 0.485 e. The fourth-order valence-electron chi connectivity index (χ4n) is 1.45. The van der Waals surface area contributed by atoms with Gasteiger partial charge in [0, 0.05) is 25.9 Å². The van der Waals surface area contributed by atoms with Gasteiger partial charge in [-0.2, -0.15) is 0 Å². The molecule has 20 heavy (non-hydrogen) atoms. The minimum absolute atomic E-state index is 0.0488. The van der Waals surface area contributed by atoms with Crippen molar-refractivity contribution < 1.29 is 23.0 Å². The molecule has 0 aliphatic heterocycles. The molecule has 0 radical (unpaired) electrons. The number of ether oxygens (including phenoxy) is 3. The van der Waals surface area contributed by atoms with E-state index in [1.54, 1.807) is 7.11 Å². The molecule has 0 spiro atoms. The molecular formula is C13H17F2NO3S. The van der Waals surface area contributed by atoms with Crippen LogP contribution >= 0.6 is 12.2 Å². The molecule has 112 valence electrons. The Balaban J connectivity index is 2.42. The first-order valence-corrected chi connectivity index (χ1v) is 6.45. The molecule has 0 heterocycles. The van der Waals surface area contributed by atoms with Crippen molar-refractivity contribution in [3.8, 4) is 5.75 Å². The van der Waals surface area contributed by atoms with Crippen molar-refractivity contribution in [2.24, 2.45) is 5.73 Å². The molecular weight excluding hydrogens is 288 g/mol. The zero-order chi connectivity index (χ0) is 15.0. The Morgan fingerprint density at radius 2 is 1.80 bits per heavy atom. The van der Waals surface area contributed by atoms with Gasteiger partial charge in [0.25, 0.3) is 0 Å². The van der Waals surface area contributed by atoms with Gasteiger partial charge in [0.05, 0.1) is 6.61 Å². The first-order valence-electron chi connectivity index (χ1n) is 6.04. The smallest absolute Gasteiger partial charge is 0.190 e. The van der Waals surface area contributed by atoms with Crippen LogP contribution in [0, 0.1) is 11.6 Å². The van der Waals surface area contributed by atoms with Crippen LogP contribution in [0.3, 0.4) is 0 Å². The van der Waals surface area contributed by atoms with Crippen molar-refractivity contribution in [1.82, 2.24) is 0 Å². The monoisotopic (exact) mass is 305 g/mol. The third kappa shape index (κ3) is 5.36. The summed E-state index contributed by atoms with van der Waals surface area (Å²) in [6.45, 7) is 1.39. The molecule has 0 aliphatic carbocycles. The van der Waals surface area contributed by atoms with E-state index in [9.17, 15) is 8.78 Å². The van der Waals surface area contributed by atoms with E-state index in [-0.39, 0.29) is 23.8 Å². The molecule has 1 rings (SSSR count). The molecule has 2 N–H and O–H groups in total. The van der Waals surface area contributed by atoms with Crippen molar-refractivity contribution in [3.63, 3.8) is 0 Å². The molecule has 0 atom stereocenters. The van der Waals surface area contributed by atoms with E-state index in [2.05, 4.69) is 12.2 Å². The Kier molecular flexibility index (Phi) is 7.35. The molecule has 1 aromatic carbocycles. The zero-order valence-electron chi connectivity index (χ0n) is 11.2. The predicted octanol–water partition coefficient (Wildman–Crippen LogP) is 2.03. The minimum Gasteiger partial charge on any atom is -0.485 e. The fraction of sp³-hybridized carbons (Fsp3) is 0.462. The van der Waals surface area contributed by atoms with Crippen LogP contribution in [0.15, 0.2) is 12.1 Å². The van der Waals surface area contributed by atoms with E-state index >= 15 is 0 Å². The second kappa shape index (κ2) is 8.78. The van der Waals surface area contributed by atoms with Gasteiger partial charge in [-0.3, -0.25) is 0 Å². The van der Waals surface area contributed by atoms with Crippen LogP contribution in [0.25, 0.3) is 0 Å². The van der Waals surface area contributed by atoms with E-state index in [1.165, 1.54) is 0 Å². The number of hydrogen-bond acceptors (Lipinski definition) is 4. The van der Waals surface area contributed by atoms with Gasteiger partial charge >= 0.3 is 0 Å². The SMILES string of the molecule is COCCCOCCOc1c(F)cc(C(N)=S)cc1F. The highest BCUT2D eigenvalue weighted by Gasteiger charge is 2.13. The Hall–Kier alpha value is -1.31. The van der Waals surface area contributed by atoms with Crippen molar-refractivity contribution in [3.05, 3.63) is 29.3 Å². The quantitative estimate of drug-likeness (QED) is 0.559. The van der Waals surface area contributed by atoms with Gasteiger partial charge in [0.1, 0.15) is 11.6 Å². The van der Waals surface area contributed by atoms with Crippen LogP contribution < -0.4 is 10.5 Å². The topological polar surface area (TPSA) is 53.7 Å². The maximum atomic E-state index is 13.6. The molecule has 0 unspecified atom stereocenters. The van der Waals surface area contributed by atoms with Crippen LogP contribution in [0.2, 0.25) is 0 Å². The Bertz CT molecular complexity index is 434. The summed E-state index contributed by atoms with van der Waals surface area (Å²) in [6.07, 6.45) is 0.752. The Morgan fingerprint density at radius 3 is 2.35 bits per heavy atom. The lowest BCUT2D eigenvalue weighted by Crippen LogP contribution is -2.13. The van der Waals surface area contributed by atoms with E-state index < -0.39 is 17.4 Å². The molecule has 0 aromatic heterocycles. The van der Waals surface area contributed by atoms with E-state index in [0.29, 0.717) is 13.2 Å². The van der Waals surface area contributed by atoms with Gasteiger partial charge in [-0.15, -0.1) is 0 Å². The number of benzene rings is 1. The standard InChI is InChI=1S/C13H17F2NO3S/c1-17-3-2-4-18-5-6-19-12-10(14)7-9(13(16)20)8-11(12)15/h7-8H,2-6H2,1H3,(H2,16,20). The maximum Gasteiger partial charge on any atom is 0.190 e. The Labute approximate surface area is 121 Å². The average Bonchev–Trinajstić information content (AvgIpc) is 2.40. The lowest BCUT2D eigenvalue weighted by molar-refractivity contribution is 0.0786. The summed E-state index contributed by atoms with van der Waals surface area (Å²) >= 11 is 4.65. The van der Waals surface area contributed by atoms with Crippen molar-refractivity contribution in [2.45, 2.75) is 6.42 Å². The van der Waals surface area contributed by atoms with Crippen LogP contribution in [0.4, 0.5) is 8.78 Å². The van der Waals surface area contributed by atoms with Crippen LogP contribution in [0.1, 0.15) is 12.0 Å². The third-order valence-corrected chi connectivity index (χ3v) is 2.63. The molecule has 7 heteroatoms. The summed E-state index contributed by atoms with van der Waals surface area (Å²) in [6, 6.07) is 2.08. The lowest BCUT2D eigenvalue weighted by atomic mass is 10.2. The maximum absolute atomic E-state index is 13.6. The molecule has 4 nitrogen and oxygen atoms in total. The number of halogens is 2. The van der Waals surface area contributed by atoms with Crippen LogP contribution in [-0.2, 0) is 9.47 Å². The predicted molar refractivity (Wildman–Crippen MR) is 75.1 cm³/mol. The minimum atomic E-state index is -0.841. The normalized spacial score (nSPS) is 10.6.